The molecular formula is C20H12F6N4O2. The van der Waals surface area contributed by atoms with Crippen LogP contribution < -0.4 is 0 Å². The van der Waals surface area contributed by atoms with Gasteiger partial charge in [0.05, 0.1) is 16.6 Å². The van der Waals surface area contributed by atoms with Gasteiger partial charge in [-0.1, -0.05) is 12.1 Å². The summed E-state index contributed by atoms with van der Waals surface area (Å²) in [6.07, 6.45) is -7.13. The lowest BCUT2D eigenvalue weighted by Crippen LogP contribution is -2.42. The number of halogens is 6. The Morgan fingerprint density at radius 3 is 2.34 bits per heavy atom. The lowest BCUT2D eigenvalue weighted by molar-refractivity contribution is -0.144. The van der Waals surface area contributed by atoms with Crippen LogP contribution in [0.15, 0.2) is 35.1 Å². The van der Waals surface area contributed by atoms with Crippen molar-refractivity contribution in [2.24, 2.45) is 0 Å². The fourth-order valence-corrected chi connectivity index (χ4v) is 4.19. The minimum atomic E-state index is -5.11. The van der Waals surface area contributed by atoms with E-state index in [1.165, 1.54) is 16.7 Å². The minimum absolute atomic E-state index is 0.000792. The van der Waals surface area contributed by atoms with Gasteiger partial charge in [-0.2, -0.15) is 26.3 Å². The number of carbonyl (C=O) groups excluding carboxylic acids is 1. The van der Waals surface area contributed by atoms with Gasteiger partial charge in [-0.15, -0.1) is 10.2 Å². The molecule has 0 saturated heterocycles. The number of pyridine rings is 1. The van der Waals surface area contributed by atoms with E-state index >= 15 is 0 Å². The maximum Gasteiger partial charge on any atom is 0.433 e. The summed E-state index contributed by atoms with van der Waals surface area (Å²) in [7, 11) is 0. The number of benzene rings is 1. The smallest absolute Gasteiger partial charge is 0.422 e. The van der Waals surface area contributed by atoms with Crippen molar-refractivity contribution < 1.29 is 35.6 Å². The van der Waals surface area contributed by atoms with Crippen LogP contribution in [0.3, 0.4) is 0 Å². The van der Waals surface area contributed by atoms with Gasteiger partial charge in [0.25, 0.3) is 5.89 Å². The Balaban J connectivity index is 1.98. The molecule has 1 saturated carbocycles. The standard InChI is InChI=1S/C20H12F6N4O2/c21-19(22,23)12-7-14(20(24,25)26)28-15-11(12)3-2-10-6-13(17-29-27-9-32-17)30(16(10)15)18(8-31)4-1-5-18/h2-3,6-9H,1,4-5H2. The first-order valence-corrected chi connectivity index (χ1v) is 9.42. The van der Waals surface area contributed by atoms with Crippen LogP contribution in [0.25, 0.3) is 33.4 Å². The van der Waals surface area contributed by atoms with Gasteiger partial charge in [-0.3, -0.25) is 0 Å². The number of hydrogen-bond donors (Lipinski definition) is 0. The number of alkyl halides is 6. The van der Waals surface area contributed by atoms with Gasteiger partial charge in [-0.05, 0) is 31.4 Å². The third kappa shape index (κ3) is 2.88. The highest BCUT2D eigenvalue weighted by molar-refractivity contribution is 6.07. The summed E-state index contributed by atoms with van der Waals surface area (Å²) in [6, 6.07) is 3.90. The molecule has 0 atom stereocenters. The molecule has 12 heteroatoms. The van der Waals surface area contributed by atoms with Gasteiger partial charge in [-0.25, -0.2) is 4.98 Å². The third-order valence-electron chi connectivity index (χ3n) is 5.80. The maximum atomic E-state index is 13.7. The Morgan fingerprint density at radius 1 is 1.06 bits per heavy atom. The van der Waals surface area contributed by atoms with Gasteiger partial charge < -0.3 is 13.8 Å². The van der Waals surface area contributed by atoms with Crippen LogP contribution in [-0.2, 0) is 22.7 Å². The van der Waals surface area contributed by atoms with Crippen molar-refractivity contribution in [3.05, 3.63) is 41.9 Å². The predicted octanol–water partition coefficient (Wildman–Crippen LogP) is 5.36. The van der Waals surface area contributed by atoms with Crippen molar-refractivity contribution in [1.82, 2.24) is 19.7 Å². The van der Waals surface area contributed by atoms with Gasteiger partial charge in [0.2, 0.25) is 6.39 Å². The zero-order valence-electron chi connectivity index (χ0n) is 16.0. The van der Waals surface area contributed by atoms with E-state index in [-0.39, 0.29) is 23.2 Å². The van der Waals surface area contributed by atoms with Crippen molar-refractivity contribution in [3.8, 4) is 11.6 Å². The normalized spacial score (nSPS) is 16.4. The Bertz CT molecular complexity index is 1350. The lowest BCUT2D eigenvalue weighted by Gasteiger charge is -2.39. The zero-order chi connectivity index (χ0) is 22.9. The number of hydrogen-bond acceptors (Lipinski definition) is 5. The number of aldehydes is 1. The maximum absolute atomic E-state index is 13.7. The first-order chi connectivity index (χ1) is 15.0. The van der Waals surface area contributed by atoms with Crippen molar-refractivity contribution in [3.63, 3.8) is 0 Å². The van der Waals surface area contributed by atoms with Crippen LogP contribution in [-0.4, -0.2) is 26.0 Å². The molecule has 5 rings (SSSR count). The van der Waals surface area contributed by atoms with E-state index in [9.17, 15) is 31.1 Å². The summed E-state index contributed by atoms with van der Waals surface area (Å²) < 4.78 is 88.1. The second-order valence-electron chi connectivity index (χ2n) is 7.63. The number of fused-ring (bicyclic) bond motifs is 3. The quantitative estimate of drug-likeness (QED) is 0.308. The fraction of sp³-hybridized carbons (Fsp3) is 0.300. The monoisotopic (exact) mass is 454 g/mol. The van der Waals surface area contributed by atoms with E-state index in [1.807, 2.05) is 0 Å². The molecule has 32 heavy (non-hydrogen) atoms. The molecule has 1 aliphatic rings. The molecule has 0 unspecified atom stereocenters. The first kappa shape index (κ1) is 20.5. The molecular weight excluding hydrogens is 442 g/mol. The highest BCUT2D eigenvalue weighted by Crippen LogP contribution is 2.46. The predicted molar refractivity (Wildman–Crippen MR) is 98.4 cm³/mol. The average molecular weight is 454 g/mol. The van der Waals surface area contributed by atoms with Crippen LogP contribution in [0.5, 0.6) is 0 Å². The molecule has 4 aromatic rings. The highest BCUT2D eigenvalue weighted by Gasteiger charge is 2.44. The first-order valence-electron chi connectivity index (χ1n) is 9.42. The molecule has 0 radical (unpaired) electrons. The van der Waals surface area contributed by atoms with Gasteiger partial charge >= 0.3 is 12.4 Å². The van der Waals surface area contributed by atoms with Crippen LogP contribution in [0.4, 0.5) is 26.3 Å². The van der Waals surface area contributed by atoms with Gasteiger partial charge in [0.15, 0.2) is 0 Å². The van der Waals surface area contributed by atoms with Crippen molar-refractivity contribution >= 4 is 28.1 Å². The Morgan fingerprint density at radius 2 is 1.81 bits per heavy atom. The van der Waals surface area contributed by atoms with E-state index < -0.39 is 40.1 Å². The van der Waals surface area contributed by atoms with Crippen LogP contribution in [0, 0.1) is 0 Å². The van der Waals surface area contributed by atoms with Gasteiger partial charge in [0, 0.05) is 10.8 Å². The molecule has 0 amide bonds. The second-order valence-corrected chi connectivity index (χ2v) is 7.63. The number of rotatable bonds is 3. The van der Waals surface area contributed by atoms with E-state index in [0.29, 0.717) is 30.9 Å². The largest absolute Gasteiger partial charge is 0.433 e. The Labute approximate surface area is 174 Å². The topological polar surface area (TPSA) is 73.8 Å². The summed E-state index contributed by atoms with van der Waals surface area (Å²) in [5, 5.41) is 7.18. The highest BCUT2D eigenvalue weighted by atomic mass is 19.4. The van der Waals surface area contributed by atoms with Crippen LogP contribution >= 0.6 is 0 Å². The summed E-state index contributed by atoms with van der Waals surface area (Å²) >= 11 is 0. The van der Waals surface area contributed by atoms with E-state index in [2.05, 4.69) is 15.2 Å². The van der Waals surface area contributed by atoms with E-state index in [4.69, 9.17) is 4.42 Å². The molecule has 0 spiro atoms. The molecule has 0 N–H and O–H groups in total. The molecule has 0 aliphatic heterocycles. The summed E-state index contributed by atoms with van der Waals surface area (Å²) in [5.74, 6) is -0.0227. The molecule has 1 fully saturated rings. The van der Waals surface area contributed by atoms with Crippen molar-refractivity contribution in [2.75, 3.05) is 0 Å². The van der Waals surface area contributed by atoms with Gasteiger partial charge in [0.1, 0.15) is 23.2 Å². The third-order valence-corrected chi connectivity index (χ3v) is 5.80. The number of nitrogens with zero attached hydrogens (tertiary/aromatic N) is 4. The SMILES string of the molecule is O=CC1(n2c(-c3nnco3)cc3ccc4c(C(F)(F)F)cc(C(F)(F)F)nc4c32)CCC1. The van der Waals surface area contributed by atoms with Crippen LogP contribution in [0.2, 0.25) is 0 Å². The Kier molecular flexibility index (Phi) is 4.18. The average Bonchev–Trinajstić information content (AvgIpc) is 3.33. The van der Waals surface area contributed by atoms with Crippen molar-refractivity contribution in [1.29, 1.82) is 0 Å². The molecule has 166 valence electrons. The molecule has 3 aromatic heterocycles. The molecule has 6 nitrogen and oxygen atoms in total. The summed E-state index contributed by atoms with van der Waals surface area (Å²) in [5.41, 5.74) is -4.64. The van der Waals surface area contributed by atoms with Crippen molar-refractivity contribution in [2.45, 2.75) is 37.2 Å². The molecule has 0 bridgehead atoms. The zero-order valence-corrected chi connectivity index (χ0v) is 16.0. The molecule has 3 heterocycles. The summed E-state index contributed by atoms with van der Waals surface area (Å²) in [6.45, 7) is 0. The Hall–Kier alpha value is -3.44. The number of carbonyl (C=O) groups is 1. The number of aromatic nitrogens is 4. The van der Waals surface area contributed by atoms with Crippen LogP contribution in [0.1, 0.15) is 30.5 Å². The second kappa shape index (κ2) is 6.53. The van der Waals surface area contributed by atoms with E-state index in [0.717, 1.165) is 12.5 Å². The summed E-state index contributed by atoms with van der Waals surface area (Å²) in [4.78, 5) is 15.7. The molecule has 1 aromatic carbocycles. The lowest BCUT2D eigenvalue weighted by atomic mass is 9.77. The van der Waals surface area contributed by atoms with E-state index in [1.54, 1.807) is 0 Å². The fourth-order valence-electron chi connectivity index (χ4n) is 4.19. The molecule has 1 aliphatic carbocycles. The minimum Gasteiger partial charge on any atom is -0.422 e.